The summed E-state index contributed by atoms with van der Waals surface area (Å²) in [6.07, 6.45) is 0.847. The Labute approximate surface area is 174 Å². The molecule has 3 rings (SSSR count). The Morgan fingerprint density at radius 3 is 2.64 bits per heavy atom. The third kappa shape index (κ3) is 4.54. The zero-order chi connectivity index (χ0) is 20.4. The van der Waals surface area contributed by atoms with Crippen LogP contribution in [-0.2, 0) is 0 Å². The third-order valence-electron chi connectivity index (χ3n) is 4.43. The number of hydrogen-bond acceptors (Lipinski definition) is 5. The molecule has 0 unspecified atom stereocenters. The molecule has 0 saturated heterocycles. The highest BCUT2D eigenvalue weighted by Crippen LogP contribution is 2.31. The number of rotatable bonds is 7. The topological polar surface area (TPSA) is 54.3 Å². The van der Waals surface area contributed by atoms with Crippen LogP contribution in [0.4, 0.5) is 5.13 Å². The summed E-state index contributed by atoms with van der Waals surface area (Å²) in [6, 6.07) is 7.65. The monoisotopic (exact) mass is 419 g/mol. The highest BCUT2D eigenvalue weighted by Gasteiger charge is 2.24. The van der Waals surface area contributed by atoms with Crippen LogP contribution in [0.1, 0.15) is 42.5 Å². The minimum Gasteiger partial charge on any atom is -0.309 e. The molecular weight excluding hydrogens is 394 g/mol. The number of anilines is 1. The van der Waals surface area contributed by atoms with Crippen LogP contribution in [-0.4, -0.2) is 52.8 Å². The Kier molecular flexibility index (Phi) is 6.37. The molecular formula is C20H26ClN5OS. The second-order valence-electron chi connectivity index (χ2n) is 7.43. The third-order valence-corrected chi connectivity index (χ3v) is 5.71. The lowest BCUT2D eigenvalue weighted by Crippen LogP contribution is -2.33. The second-order valence-corrected chi connectivity index (χ2v) is 8.88. The number of nitrogens with zero attached hydrogens (tertiary/aromatic N) is 5. The lowest BCUT2D eigenvalue weighted by Gasteiger charge is -2.20. The van der Waals surface area contributed by atoms with E-state index in [1.165, 1.54) is 11.3 Å². The number of carbonyl (C=O) groups excluding carboxylic acids is 1. The van der Waals surface area contributed by atoms with Crippen molar-refractivity contribution in [3.63, 3.8) is 0 Å². The first-order valence-corrected chi connectivity index (χ1v) is 10.5. The summed E-state index contributed by atoms with van der Waals surface area (Å²) in [7, 11) is 4.05. The van der Waals surface area contributed by atoms with Gasteiger partial charge >= 0.3 is 0 Å². The maximum absolute atomic E-state index is 13.3. The zero-order valence-electron chi connectivity index (χ0n) is 16.9. The SMILES string of the molecule is Cc1cc(C(=O)N(CCCN(C)C)c2nc3ccc(Cl)cc3s2)nn1C(C)C. The van der Waals surface area contributed by atoms with Crippen molar-refractivity contribution in [1.29, 1.82) is 0 Å². The molecule has 0 aliphatic carbocycles. The Morgan fingerprint density at radius 2 is 2.00 bits per heavy atom. The molecule has 6 nitrogen and oxygen atoms in total. The van der Waals surface area contributed by atoms with Crippen molar-refractivity contribution in [2.45, 2.75) is 33.2 Å². The van der Waals surface area contributed by atoms with E-state index in [2.05, 4.69) is 28.8 Å². The molecule has 1 aromatic carbocycles. The quantitative estimate of drug-likeness (QED) is 0.560. The van der Waals surface area contributed by atoms with E-state index in [1.807, 2.05) is 50.0 Å². The van der Waals surface area contributed by atoms with Crippen LogP contribution in [0.2, 0.25) is 5.02 Å². The molecule has 1 amide bonds. The van der Waals surface area contributed by atoms with E-state index in [0.29, 0.717) is 22.4 Å². The largest absolute Gasteiger partial charge is 0.309 e. The summed E-state index contributed by atoms with van der Waals surface area (Å²) in [5.41, 5.74) is 2.27. The fourth-order valence-electron chi connectivity index (χ4n) is 3.08. The first kappa shape index (κ1) is 20.8. The maximum Gasteiger partial charge on any atom is 0.280 e. The second kappa shape index (κ2) is 8.59. The molecule has 28 heavy (non-hydrogen) atoms. The van der Waals surface area contributed by atoms with Gasteiger partial charge in [-0.25, -0.2) is 4.98 Å². The van der Waals surface area contributed by atoms with Gasteiger partial charge in [0.15, 0.2) is 10.8 Å². The normalized spacial score (nSPS) is 11.7. The van der Waals surface area contributed by atoms with Crippen molar-refractivity contribution in [1.82, 2.24) is 19.7 Å². The van der Waals surface area contributed by atoms with Gasteiger partial charge in [0.2, 0.25) is 0 Å². The number of halogens is 1. The van der Waals surface area contributed by atoms with E-state index in [9.17, 15) is 4.79 Å². The molecule has 3 aromatic rings. The van der Waals surface area contributed by atoms with Crippen LogP contribution in [0, 0.1) is 6.92 Å². The molecule has 150 valence electrons. The van der Waals surface area contributed by atoms with Gasteiger partial charge in [-0.3, -0.25) is 14.4 Å². The molecule has 2 aromatic heterocycles. The first-order valence-electron chi connectivity index (χ1n) is 9.35. The summed E-state index contributed by atoms with van der Waals surface area (Å²) in [6.45, 7) is 7.55. The molecule has 0 bridgehead atoms. The molecule has 0 saturated carbocycles. The molecule has 0 N–H and O–H groups in total. The zero-order valence-corrected chi connectivity index (χ0v) is 18.5. The molecule has 0 aliphatic heterocycles. The Balaban J connectivity index is 1.95. The summed E-state index contributed by atoms with van der Waals surface area (Å²) in [5.74, 6) is -0.119. The molecule has 2 heterocycles. The standard InChI is InChI=1S/C20H26ClN5OS/c1-13(2)26-14(3)11-17(23-26)19(27)25(10-6-9-24(4)5)20-22-16-8-7-15(21)12-18(16)28-20/h7-8,11-13H,6,9-10H2,1-5H3. The van der Waals surface area contributed by atoms with Crippen molar-refractivity contribution in [2.24, 2.45) is 0 Å². The van der Waals surface area contributed by atoms with Crippen molar-refractivity contribution in [2.75, 3.05) is 32.1 Å². The van der Waals surface area contributed by atoms with E-state index in [4.69, 9.17) is 11.6 Å². The summed E-state index contributed by atoms with van der Waals surface area (Å²) >= 11 is 7.59. The van der Waals surface area contributed by atoms with Gasteiger partial charge in [-0.2, -0.15) is 5.10 Å². The van der Waals surface area contributed by atoms with Crippen molar-refractivity contribution in [3.8, 4) is 0 Å². The molecule has 0 atom stereocenters. The number of thiazole rings is 1. The van der Waals surface area contributed by atoms with E-state index >= 15 is 0 Å². The van der Waals surface area contributed by atoms with Gasteiger partial charge in [-0.1, -0.05) is 22.9 Å². The number of aromatic nitrogens is 3. The molecule has 0 spiro atoms. The van der Waals surface area contributed by atoms with E-state index in [1.54, 1.807) is 4.90 Å². The maximum atomic E-state index is 13.3. The predicted octanol–water partition coefficient (Wildman–Crippen LogP) is 4.63. The molecule has 8 heteroatoms. The lowest BCUT2D eigenvalue weighted by molar-refractivity contribution is 0.0980. The van der Waals surface area contributed by atoms with E-state index < -0.39 is 0 Å². The lowest BCUT2D eigenvalue weighted by atomic mass is 10.3. The van der Waals surface area contributed by atoms with E-state index in [-0.39, 0.29) is 11.9 Å². The fourth-order valence-corrected chi connectivity index (χ4v) is 4.35. The number of carbonyl (C=O) groups is 1. The van der Waals surface area contributed by atoms with Gasteiger partial charge < -0.3 is 4.90 Å². The highest BCUT2D eigenvalue weighted by molar-refractivity contribution is 7.22. The molecule has 0 radical (unpaired) electrons. The average molecular weight is 420 g/mol. The van der Waals surface area contributed by atoms with Crippen molar-refractivity contribution < 1.29 is 4.79 Å². The first-order chi connectivity index (χ1) is 13.3. The summed E-state index contributed by atoms with van der Waals surface area (Å²) in [5, 5.41) is 5.88. The predicted molar refractivity (Wildman–Crippen MR) is 117 cm³/mol. The number of benzene rings is 1. The van der Waals surface area contributed by atoms with Crippen molar-refractivity contribution >= 4 is 44.2 Å². The highest BCUT2D eigenvalue weighted by atomic mass is 35.5. The smallest absolute Gasteiger partial charge is 0.280 e. The summed E-state index contributed by atoms with van der Waals surface area (Å²) < 4.78 is 2.85. The van der Waals surface area contributed by atoms with Gasteiger partial charge in [0.25, 0.3) is 5.91 Å². The van der Waals surface area contributed by atoms with Gasteiger partial charge in [-0.05, 0) is 72.1 Å². The van der Waals surface area contributed by atoms with Crippen LogP contribution >= 0.6 is 22.9 Å². The molecule has 0 fully saturated rings. The Morgan fingerprint density at radius 1 is 1.25 bits per heavy atom. The Hall–Kier alpha value is -1.96. The Bertz CT molecular complexity index is 978. The van der Waals surface area contributed by atoms with Crippen LogP contribution in [0.3, 0.4) is 0 Å². The van der Waals surface area contributed by atoms with Crippen LogP contribution in [0.5, 0.6) is 0 Å². The van der Waals surface area contributed by atoms with Gasteiger partial charge in [0, 0.05) is 23.3 Å². The number of amides is 1. The number of hydrogen-bond donors (Lipinski definition) is 0. The van der Waals surface area contributed by atoms with Crippen LogP contribution in [0.15, 0.2) is 24.3 Å². The number of fused-ring (bicyclic) bond motifs is 1. The van der Waals surface area contributed by atoms with Gasteiger partial charge in [0.1, 0.15) is 0 Å². The van der Waals surface area contributed by atoms with Crippen LogP contribution < -0.4 is 4.90 Å². The van der Waals surface area contributed by atoms with Crippen molar-refractivity contribution in [3.05, 3.63) is 40.7 Å². The average Bonchev–Trinajstić information content (AvgIpc) is 3.21. The fraction of sp³-hybridized carbons (Fsp3) is 0.450. The van der Waals surface area contributed by atoms with Gasteiger partial charge in [0.05, 0.1) is 10.2 Å². The van der Waals surface area contributed by atoms with Gasteiger partial charge in [-0.15, -0.1) is 0 Å². The number of aryl methyl sites for hydroxylation is 1. The molecule has 0 aliphatic rings. The van der Waals surface area contributed by atoms with Crippen LogP contribution in [0.25, 0.3) is 10.2 Å². The minimum absolute atomic E-state index is 0.119. The minimum atomic E-state index is -0.119. The summed E-state index contributed by atoms with van der Waals surface area (Å²) in [4.78, 5) is 21.9. The van der Waals surface area contributed by atoms with E-state index in [0.717, 1.165) is 28.9 Å².